The number of hydrogen-bond donors (Lipinski definition) is 1. The van der Waals surface area contributed by atoms with Crippen LogP contribution in [-0.4, -0.2) is 31.3 Å². The summed E-state index contributed by atoms with van der Waals surface area (Å²) in [4.78, 5) is 10.6. The number of hydrogen-bond acceptors (Lipinski definition) is 5. The van der Waals surface area contributed by atoms with Gasteiger partial charge in [0.1, 0.15) is 6.61 Å². The van der Waals surface area contributed by atoms with Gasteiger partial charge in [-0.25, -0.2) is 0 Å². The minimum atomic E-state index is -0.426. The molecule has 0 amide bonds. The first-order valence-corrected chi connectivity index (χ1v) is 7.37. The van der Waals surface area contributed by atoms with Crippen molar-refractivity contribution in [2.75, 3.05) is 26.4 Å². The van der Waals surface area contributed by atoms with Crippen LogP contribution in [0, 0.1) is 10.1 Å². The highest BCUT2D eigenvalue weighted by Gasteiger charge is 2.15. The summed E-state index contributed by atoms with van der Waals surface area (Å²) in [6.07, 6.45) is 2.09. The van der Waals surface area contributed by atoms with Crippen molar-refractivity contribution in [2.24, 2.45) is 0 Å². The fourth-order valence-electron chi connectivity index (χ4n) is 1.76. The summed E-state index contributed by atoms with van der Waals surface area (Å²) >= 11 is 0. The molecule has 0 aliphatic heterocycles. The minimum absolute atomic E-state index is 0.0104. The van der Waals surface area contributed by atoms with E-state index in [0.29, 0.717) is 32.1 Å². The number of unbranched alkanes of at least 4 members (excludes halogenated alkanes) is 1. The summed E-state index contributed by atoms with van der Waals surface area (Å²) in [5.74, 6) is 0.300. The van der Waals surface area contributed by atoms with Gasteiger partial charge in [0.05, 0.1) is 11.5 Å². The van der Waals surface area contributed by atoms with Gasteiger partial charge in [0, 0.05) is 19.2 Å². The van der Waals surface area contributed by atoms with Crippen LogP contribution in [0.25, 0.3) is 0 Å². The highest BCUT2D eigenvalue weighted by molar-refractivity contribution is 5.48. The summed E-state index contributed by atoms with van der Waals surface area (Å²) in [6.45, 7) is 7.07. The van der Waals surface area contributed by atoms with E-state index in [1.165, 1.54) is 6.07 Å². The Balaban J connectivity index is 2.57. The Bertz CT molecular complexity index is 438. The van der Waals surface area contributed by atoms with E-state index >= 15 is 0 Å². The molecule has 0 radical (unpaired) electrons. The predicted octanol–water partition coefficient (Wildman–Crippen LogP) is 2.90. The van der Waals surface area contributed by atoms with Gasteiger partial charge in [0.15, 0.2) is 5.75 Å². The quantitative estimate of drug-likeness (QED) is 0.386. The lowest BCUT2D eigenvalue weighted by atomic mass is 10.2. The normalized spacial score (nSPS) is 10.6. The molecule has 0 spiro atoms. The molecule has 0 heterocycles. The second-order valence-corrected chi connectivity index (χ2v) is 4.65. The number of rotatable bonds is 11. The molecule has 1 aromatic carbocycles. The molecule has 1 N–H and O–H groups in total. The first kappa shape index (κ1) is 17.4. The summed E-state index contributed by atoms with van der Waals surface area (Å²) in [5, 5.41) is 14.2. The second-order valence-electron chi connectivity index (χ2n) is 4.65. The van der Waals surface area contributed by atoms with E-state index in [1.807, 2.05) is 6.92 Å². The van der Waals surface area contributed by atoms with Crippen LogP contribution in [0.2, 0.25) is 0 Å². The first-order chi connectivity index (χ1) is 10.2. The van der Waals surface area contributed by atoms with E-state index in [4.69, 9.17) is 9.47 Å². The smallest absolute Gasteiger partial charge is 0.310 e. The van der Waals surface area contributed by atoms with Gasteiger partial charge in [0.2, 0.25) is 0 Å². The maximum absolute atomic E-state index is 11.0. The fourth-order valence-corrected chi connectivity index (χ4v) is 1.76. The van der Waals surface area contributed by atoms with Crippen LogP contribution < -0.4 is 10.1 Å². The average molecular weight is 296 g/mol. The largest absolute Gasteiger partial charge is 0.484 e. The van der Waals surface area contributed by atoms with Crippen LogP contribution in [0.15, 0.2) is 18.2 Å². The van der Waals surface area contributed by atoms with Gasteiger partial charge < -0.3 is 14.8 Å². The Hall–Kier alpha value is -1.66. The summed E-state index contributed by atoms with van der Waals surface area (Å²) < 4.78 is 10.9. The number of nitrogens with zero attached hydrogens (tertiary/aromatic N) is 1. The number of benzene rings is 1. The lowest BCUT2D eigenvalue weighted by Crippen LogP contribution is -2.12. The third kappa shape index (κ3) is 6.55. The summed E-state index contributed by atoms with van der Waals surface area (Å²) in [6, 6.07) is 4.94. The fraction of sp³-hybridized carbons (Fsp3) is 0.600. The third-order valence-electron chi connectivity index (χ3n) is 2.93. The maximum atomic E-state index is 11.0. The van der Waals surface area contributed by atoms with Crippen molar-refractivity contribution < 1.29 is 14.4 Å². The highest BCUT2D eigenvalue weighted by Crippen LogP contribution is 2.27. The number of nitro benzene ring substituents is 1. The van der Waals surface area contributed by atoms with E-state index in [-0.39, 0.29) is 5.69 Å². The van der Waals surface area contributed by atoms with Crippen molar-refractivity contribution >= 4 is 5.69 Å². The topological polar surface area (TPSA) is 73.6 Å². The molecule has 0 aliphatic carbocycles. The van der Waals surface area contributed by atoms with Crippen molar-refractivity contribution in [3.05, 3.63) is 33.9 Å². The van der Waals surface area contributed by atoms with Crippen LogP contribution in [0.3, 0.4) is 0 Å². The monoisotopic (exact) mass is 296 g/mol. The molecular weight excluding hydrogens is 272 g/mol. The molecule has 0 unspecified atom stereocenters. The molecule has 6 nitrogen and oxygen atoms in total. The van der Waals surface area contributed by atoms with Crippen LogP contribution in [-0.2, 0) is 11.3 Å². The lowest BCUT2D eigenvalue weighted by molar-refractivity contribution is -0.385. The van der Waals surface area contributed by atoms with Gasteiger partial charge in [-0.2, -0.15) is 0 Å². The molecule has 21 heavy (non-hydrogen) atoms. The number of ether oxygens (including phenoxy) is 2. The van der Waals surface area contributed by atoms with Gasteiger partial charge in [-0.1, -0.05) is 26.3 Å². The Morgan fingerprint density at radius 2 is 2.05 bits per heavy atom. The molecule has 0 saturated heterocycles. The SMILES string of the molecule is CCCCOCCOc1cc(CNCC)ccc1[N+](=O)[O-]. The van der Waals surface area contributed by atoms with Crippen molar-refractivity contribution in [1.82, 2.24) is 5.32 Å². The number of nitrogens with one attached hydrogen (secondary N) is 1. The van der Waals surface area contributed by atoms with E-state index in [1.54, 1.807) is 12.1 Å². The van der Waals surface area contributed by atoms with Crippen LogP contribution in [0.4, 0.5) is 5.69 Å². The summed E-state index contributed by atoms with van der Waals surface area (Å²) in [5.41, 5.74) is 0.952. The zero-order valence-corrected chi connectivity index (χ0v) is 12.8. The molecule has 0 aliphatic rings. The molecule has 1 rings (SSSR count). The van der Waals surface area contributed by atoms with Gasteiger partial charge in [-0.05, 0) is 24.6 Å². The predicted molar refractivity (Wildman–Crippen MR) is 81.7 cm³/mol. The van der Waals surface area contributed by atoms with E-state index in [0.717, 1.165) is 24.9 Å². The minimum Gasteiger partial charge on any atom is -0.484 e. The van der Waals surface area contributed by atoms with E-state index < -0.39 is 4.92 Å². The van der Waals surface area contributed by atoms with Gasteiger partial charge >= 0.3 is 5.69 Å². The second kappa shape index (κ2) is 10.1. The Labute approximate surface area is 125 Å². The van der Waals surface area contributed by atoms with Crippen molar-refractivity contribution in [3.8, 4) is 5.75 Å². The van der Waals surface area contributed by atoms with Crippen molar-refractivity contribution in [3.63, 3.8) is 0 Å². The number of nitro groups is 1. The summed E-state index contributed by atoms with van der Waals surface area (Å²) in [7, 11) is 0. The van der Waals surface area contributed by atoms with Gasteiger partial charge in [0.25, 0.3) is 0 Å². The Morgan fingerprint density at radius 3 is 2.71 bits per heavy atom. The third-order valence-corrected chi connectivity index (χ3v) is 2.93. The molecule has 0 aromatic heterocycles. The molecule has 0 bridgehead atoms. The van der Waals surface area contributed by atoms with E-state index in [2.05, 4.69) is 12.2 Å². The Kier molecular flexibility index (Phi) is 8.38. The molecule has 6 heteroatoms. The molecule has 118 valence electrons. The molecule has 1 aromatic rings. The maximum Gasteiger partial charge on any atom is 0.310 e. The molecular formula is C15H24N2O4. The highest BCUT2D eigenvalue weighted by atomic mass is 16.6. The van der Waals surface area contributed by atoms with Gasteiger partial charge in [-0.15, -0.1) is 0 Å². The van der Waals surface area contributed by atoms with Crippen LogP contribution in [0.5, 0.6) is 5.75 Å². The van der Waals surface area contributed by atoms with Crippen molar-refractivity contribution in [1.29, 1.82) is 0 Å². The average Bonchev–Trinajstić information content (AvgIpc) is 2.48. The first-order valence-electron chi connectivity index (χ1n) is 7.37. The zero-order valence-electron chi connectivity index (χ0n) is 12.8. The lowest BCUT2D eigenvalue weighted by Gasteiger charge is -2.09. The molecule has 0 atom stereocenters. The van der Waals surface area contributed by atoms with Crippen LogP contribution in [0.1, 0.15) is 32.3 Å². The van der Waals surface area contributed by atoms with Crippen LogP contribution >= 0.6 is 0 Å². The van der Waals surface area contributed by atoms with Crippen molar-refractivity contribution in [2.45, 2.75) is 33.2 Å². The molecule has 0 saturated carbocycles. The Morgan fingerprint density at radius 1 is 1.24 bits per heavy atom. The van der Waals surface area contributed by atoms with E-state index in [9.17, 15) is 10.1 Å². The standard InChI is InChI=1S/C15H24N2O4/c1-3-5-8-20-9-10-21-15-11-13(12-16-4-2)6-7-14(15)17(18)19/h6-7,11,16H,3-5,8-10,12H2,1-2H3. The molecule has 0 fully saturated rings. The zero-order chi connectivity index (χ0) is 15.5. The van der Waals surface area contributed by atoms with Gasteiger partial charge in [-0.3, -0.25) is 10.1 Å².